The quantitative estimate of drug-likeness (QED) is 0.190. The van der Waals surface area contributed by atoms with E-state index in [0.717, 1.165) is 73.7 Å². The lowest BCUT2D eigenvalue weighted by Crippen LogP contribution is -2.49. The average molecular weight is 730 g/mol. The highest BCUT2D eigenvalue weighted by molar-refractivity contribution is 5.77. The molecule has 2 saturated heterocycles. The first-order valence-electron chi connectivity index (χ1n) is 19.1. The number of hydrogen-bond donors (Lipinski definition) is 3. The molecule has 53 heavy (non-hydrogen) atoms. The zero-order valence-electron chi connectivity index (χ0n) is 31.0. The average Bonchev–Trinajstić information content (AvgIpc) is 3.83. The summed E-state index contributed by atoms with van der Waals surface area (Å²) in [4.78, 5) is 31.5. The number of fused-ring (bicyclic) bond motifs is 1. The van der Waals surface area contributed by atoms with E-state index in [9.17, 15) is 19.8 Å². The summed E-state index contributed by atoms with van der Waals surface area (Å²) in [6.45, 7) is 9.29. The number of amides is 2. The van der Waals surface area contributed by atoms with Gasteiger partial charge in [-0.1, -0.05) is 66.7 Å². The Kier molecular flexibility index (Phi) is 13.4. The molecule has 3 aromatic rings. The minimum atomic E-state index is -1.05. The summed E-state index contributed by atoms with van der Waals surface area (Å²) in [7, 11) is 0. The molecule has 3 aliphatic rings. The number of carbonyl (C=O) groups is 2. The number of hydrogen-bond acceptors (Lipinski definition) is 9. The summed E-state index contributed by atoms with van der Waals surface area (Å²) >= 11 is 0. The fourth-order valence-corrected chi connectivity index (χ4v) is 7.65. The zero-order chi connectivity index (χ0) is 37.2. The number of aliphatic hydroxyl groups is 2. The van der Waals surface area contributed by atoms with Crippen molar-refractivity contribution in [2.75, 3.05) is 46.1 Å². The van der Waals surface area contributed by atoms with Crippen molar-refractivity contribution in [3.8, 4) is 5.75 Å². The molecule has 0 bridgehead atoms. The Morgan fingerprint density at radius 3 is 2.45 bits per heavy atom. The predicted octanol–water partition coefficient (Wildman–Crippen LogP) is 4.82. The lowest BCUT2D eigenvalue weighted by atomic mass is 9.97. The Balaban J connectivity index is 1.13. The van der Waals surface area contributed by atoms with Gasteiger partial charge in [0, 0.05) is 45.6 Å². The summed E-state index contributed by atoms with van der Waals surface area (Å²) in [5.74, 6) is 0.556. The van der Waals surface area contributed by atoms with E-state index in [1.54, 1.807) is 4.90 Å². The molecule has 5 atom stereocenters. The first-order valence-corrected chi connectivity index (χ1v) is 19.1. The molecule has 2 heterocycles. The number of benzene rings is 3. The number of alkyl carbamates (subject to hydrolysis) is 1. The Morgan fingerprint density at radius 1 is 0.981 bits per heavy atom. The van der Waals surface area contributed by atoms with E-state index >= 15 is 0 Å². The number of nitrogens with one attached hydrogen (secondary N) is 1. The molecule has 2 fully saturated rings. The van der Waals surface area contributed by atoms with Crippen LogP contribution in [0.25, 0.3) is 0 Å². The molecule has 6 rings (SSSR count). The molecule has 11 nitrogen and oxygen atoms in total. The molecule has 2 aliphatic heterocycles. The number of aliphatic hydroxyl groups excluding tert-OH is 2. The fraction of sp³-hybridized carbons (Fsp3) is 0.524. The second-order valence-electron chi connectivity index (χ2n) is 14.9. The van der Waals surface area contributed by atoms with Crippen LogP contribution in [0, 0.1) is 0 Å². The first kappa shape index (κ1) is 38.7. The Morgan fingerprint density at radius 2 is 1.72 bits per heavy atom. The maximum Gasteiger partial charge on any atom is 0.408 e. The van der Waals surface area contributed by atoms with Gasteiger partial charge in [0.1, 0.15) is 18.0 Å². The third kappa shape index (κ3) is 10.6. The van der Waals surface area contributed by atoms with Crippen LogP contribution >= 0.6 is 0 Å². The van der Waals surface area contributed by atoms with Crippen molar-refractivity contribution < 1.29 is 38.7 Å². The van der Waals surface area contributed by atoms with Crippen LogP contribution < -0.4 is 10.1 Å². The number of ether oxygens (including phenoxy) is 4. The van der Waals surface area contributed by atoms with Gasteiger partial charge in [-0.25, -0.2) is 4.79 Å². The molecule has 286 valence electrons. The molecule has 0 spiro atoms. The minimum absolute atomic E-state index is 0.0126. The molecule has 2 amide bonds. The van der Waals surface area contributed by atoms with Crippen molar-refractivity contribution in [2.24, 2.45) is 0 Å². The monoisotopic (exact) mass is 729 g/mol. The minimum Gasteiger partial charge on any atom is -0.492 e. The van der Waals surface area contributed by atoms with Gasteiger partial charge in [-0.3, -0.25) is 9.69 Å². The van der Waals surface area contributed by atoms with Crippen molar-refractivity contribution in [3.63, 3.8) is 0 Å². The van der Waals surface area contributed by atoms with Crippen LogP contribution in [0.2, 0.25) is 0 Å². The van der Waals surface area contributed by atoms with E-state index in [-0.39, 0.29) is 31.4 Å². The van der Waals surface area contributed by atoms with Crippen LogP contribution in [0.1, 0.15) is 67.8 Å². The summed E-state index contributed by atoms with van der Waals surface area (Å²) in [6.07, 6.45) is -0.0105. The SMILES string of the molecule is CC(C)(OC(=O)N[C@@H](Cc1ccccc1)[C@@H](O)CCC(=O)N(Cc1ccc(OCCN2CCOCC2)cc1)[C@H]1c2ccccc2C[C@H]1O)C1CCCO1. The number of morpholine rings is 1. The zero-order valence-corrected chi connectivity index (χ0v) is 31.0. The fourth-order valence-electron chi connectivity index (χ4n) is 7.65. The Hall–Kier alpha value is -4.00. The van der Waals surface area contributed by atoms with E-state index in [2.05, 4.69) is 10.2 Å². The number of rotatable bonds is 16. The van der Waals surface area contributed by atoms with E-state index in [0.29, 0.717) is 26.1 Å². The van der Waals surface area contributed by atoms with E-state index in [4.69, 9.17) is 18.9 Å². The van der Waals surface area contributed by atoms with Crippen LogP contribution in [0.3, 0.4) is 0 Å². The number of nitrogens with zero attached hydrogens (tertiary/aromatic N) is 2. The van der Waals surface area contributed by atoms with E-state index < -0.39 is 36.0 Å². The van der Waals surface area contributed by atoms with Crippen molar-refractivity contribution in [2.45, 2.75) is 94.9 Å². The first-order chi connectivity index (χ1) is 25.7. The second-order valence-corrected chi connectivity index (χ2v) is 14.9. The van der Waals surface area contributed by atoms with Gasteiger partial charge in [0.2, 0.25) is 5.91 Å². The second kappa shape index (κ2) is 18.4. The smallest absolute Gasteiger partial charge is 0.408 e. The van der Waals surface area contributed by atoms with Gasteiger partial charge >= 0.3 is 6.09 Å². The van der Waals surface area contributed by atoms with Crippen LogP contribution in [0.5, 0.6) is 5.75 Å². The van der Waals surface area contributed by atoms with Gasteiger partial charge in [-0.05, 0) is 73.9 Å². The Labute approximate surface area is 313 Å². The summed E-state index contributed by atoms with van der Waals surface area (Å²) in [5.41, 5.74) is 2.93. The van der Waals surface area contributed by atoms with E-state index in [1.807, 2.05) is 92.7 Å². The third-order valence-electron chi connectivity index (χ3n) is 10.7. The van der Waals surface area contributed by atoms with Crippen LogP contribution in [-0.2, 0) is 38.4 Å². The molecule has 11 heteroatoms. The highest BCUT2D eigenvalue weighted by Gasteiger charge is 2.39. The van der Waals surface area contributed by atoms with Crippen molar-refractivity contribution in [1.82, 2.24) is 15.1 Å². The Bertz CT molecular complexity index is 1610. The number of carbonyl (C=O) groups excluding carboxylic acids is 2. The maximum absolute atomic E-state index is 14.2. The predicted molar refractivity (Wildman–Crippen MR) is 200 cm³/mol. The van der Waals surface area contributed by atoms with Crippen LogP contribution in [0.4, 0.5) is 4.79 Å². The molecule has 3 aromatic carbocycles. The molecule has 0 saturated carbocycles. The molecular formula is C42H55N3O8. The van der Waals surface area contributed by atoms with Crippen molar-refractivity contribution >= 4 is 12.0 Å². The summed E-state index contributed by atoms with van der Waals surface area (Å²) in [6, 6.07) is 24.0. The van der Waals surface area contributed by atoms with Gasteiger partial charge in [0.15, 0.2) is 0 Å². The van der Waals surface area contributed by atoms with Gasteiger partial charge in [0.05, 0.1) is 43.6 Å². The van der Waals surface area contributed by atoms with Crippen LogP contribution in [-0.4, -0.2) is 108 Å². The van der Waals surface area contributed by atoms with E-state index in [1.165, 1.54) is 0 Å². The third-order valence-corrected chi connectivity index (χ3v) is 10.7. The van der Waals surface area contributed by atoms with Gasteiger partial charge in [0.25, 0.3) is 0 Å². The topological polar surface area (TPSA) is 130 Å². The molecule has 0 aromatic heterocycles. The van der Waals surface area contributed by atoms with Crippen molar-refractivity contribution in [1.29, 1.82) is 0 Å². The van der Waals surface area contributed by atoms with Gasteiger partial charge in [-0.2, -0.15) is 0 Å². The lowest BCUT2D eigenvalue weighted by Gasteiger charge is -2.33. The highest BCUT2D eigenvalue weighted by Crippen LogP contribution is 2.37. The summed E-state index contributed by atoms with van der Waals surface area (Å²) in [5, 5.41) is 25.8. The maximum atomic E-state index is 14.2. The molecule has 1 aliphatic carbocycles. The van der Waals surface area contributed by atoms with Crippen LogP contribution in [0.15, 0.2) is 78.9 Å². The standard InChI is InChI=1S/C42H55N3O8/c1-42(2,38-13-8-23-52-38)53-41(49)43-35(27-30-9-4-3-5-10-30)36(46)18-19-39(48)45(40-34-12-7-6-11-32(34)28-37(40)47)29-31-14-16-33(17-15-31)51-26-22-44-20-24-50-25-21-44/h3-7,9-12,14-17,35-38,40,46-47H,8,13,18-29H2,1-2H3,(H,43,49)/t35-,36-,37+,38?,40-/m0/s1. The lowest BCUT2D eigenvalue weighted by molar-refractivity contribution is -0.137. The largest absolute Gasteiger partial charge is 0.492 e. The summed E-state index contributed by atoms with van der Waals surface area (Å²) < 4.78 is 23.1. The molecule has 1 unspecified atom stereocenters. The highest BCUT2D eigenvalue weighted by atomic mass is 16.6. The molecule has 3 N–H and O–H groups in total. The molecule has 0 radical (unpaired) electrons. The molecular weight excluding hydrogens is 674 g/mol. The van der Waals surface area contributed by atoms with Gasteiger partial charge < -0.3 is 39.4 Å². The van der Waals surface area contributed by atoms with Crippen molar-refractivity contribution in [3.05, 3.63) is 101 Å². The van der Waals surface area contributed by atoms with Gasteiger partial charge in [-0.15, -0.1) is 0 Å². The normalized spacial score (nSPS) is 21.4.